The number of nitrogens with two attached hydrogens (primary N) is 1. The van der Waals surface area contributed by atoms with Crippen LogP contribution < -0.4 is 5.73 Å². The van der Waals surface area contributed by atoms with E-state index in [1.54, 1.807) is 27.7 Å². The third-order valence-electron chi connectivity index (χ3n) is 4.57. The summed E-state index contributed by atoms with van der Waals surface area (Å²) in [6.45, 7) is 3.83. The zero-order chi connectivity index (χ0) is 18.0. The van der Waals surface area contributed by atoms with Crippen LogP contribution in [0.1, 0.15) is 12.0 Å². The van der Waals surface area contributed by atoms with Crippen molar-refractivity contribution in [3.8, 4) is 0 Å². The Labute approximate surface area is 173 Å². The van der Waals surface area contributed by atoms with Gasteiger partial charge in [-0.3, -0.25) is 18.9 Å². The van der Waals surface area contributed by atoms with E-state index in [1.165, 1.54) is 0 Å². The minimum Gasteiger partial charge on any atom is -0.340 e. The Morgan fingerprint density at radius 2 is 1.93 bits per heavy atom. The highest BCUT2D eigenvalue weighted by atomic mass is 35.5. The molecule has 27 heavy (non-hydrogen) atoms. The summed E-state index contributed by atoms with van der Waals surface area (Å²) in [6, 6.07) is 5.49. The average molecular weight is 437 g/mol. The molecule has 2 aromatic rings. The minimum atomic E-state index is -3.15. The topological polar surface area (TPSA) is 103 Å². The number of hydrogen-bond donors (Lipinski definition) is 3. The fourth-order valence-corrected chi connectivity index (χ4v) is 5.08. The van der Waals surface area contributed by atoms with Crippen molar-refractivity contribution in [3.63, 3.8) is 0 Å². The Morgan fingerprint density at radius 1 is 1.19 bits per heavy atom. The van der Waals surface area contributed by atoms with Crippen LogP contribution in [0.4, 0.5) is 0 Å². The van der Waals surface area contributed by atoms with Crippen LogP contribution in [0, 0.1) is 6.92 Å². The van der Waals surface area contributed by atoms with Crippen LogP contribution in [0.15, 0.2) is 35.5 Å². The van der Waals surface area contributed by atoms with Gasteiger partial charge in [0.05, 0.1) is 11.4 Å². The fourth-order valence-electron chi connectivity index (χ4n) is 3.27. The first-order valence-electron chi connectivity index (χ1n) is 8.29. The molecule has 4 N–H and O–H groups in total. The molecule has 0 unspecified atom stereocenters. The van der Waals surface area contributed by atoms with E-state index in [4.69, 9.17) is 5.73 Å². The predicted molar refractivity (Wildman–Crippen MR) is 114 cm³/mol. The van der Waals surface area contributed by atoms with Gasteiger partial charge in [-0.1, -0.05) is 12.1 Å². The molecule has 0 spiro atoms. The number of rotatable bonds is 3. The van der Waals surface area contributed by atoms with Gasteiger partial charge in [-0.2, -0.15) is 0 Å². The van der Waals surface area contributed by atoms with Gasteiger partial charge in [0.25, 0.3) is 0 Å². The number of pyridine rings is 1. The molecule has 1 aromatic carbocycles. The fraction of sp³-hybridized carbons (Fsp3) is 0.412. The van der Waals surface area contributed by atoms with Crippen molar-refractivity contribution in [1.82, 2.24) is 14.2 Å². The number of benzene rings is 1. The molecule has 1 amide bonds. The van der Waals surface area contributed by atoms with Gasteiger partial charge in [-0.05, 0) is 25.0 Å². The number of aryl methyl sites for hydroxylation is 1. The van der Waals surface area contributed by atoms with Crippen molar-refractivity contribution in [2.45, 2.75) is 18.2 Å². The summed E-state index contributed by atoms with van der Waals surface area (Å²) in [5.74, 6) is -0.106. The lowest BCUT2D eigenvalue weighted by Gasteiger charge is -2.43. The van der Waals surface area contributed by atoms with E-state index in [2.05, 4.69) is 4.98 Å². The standard InChI is InChI=1S/C17H24N4O3S.2ClH/c1-13-11-19-12-14-4-2-5-15(17(13)14)25(23,24)21-7-3-6-20(8-9-21)16(22)10-18;;/h2,4-5,11-12,23-24H,3,6-10,18H2,1H3;2*1H. The maximum Gasteiger partial charge on any atom is 0.236 e. The SMILES string of the molecule is Cc1cncc2cccc(S(O)(O)N3CCCN(C(=O)CN)CC3)c12.Cl.Cl. The summed E-state index contributed by atoms with van der Waals surface area (Å²) in [6.07, 6.45) is 4.13. The van der Waals surface area contributed by atoms with Gasteiger partial charge in [-0.25, -0.2) is 4.31 Å². The van der Waals surface area contributed by atoms with Crippen LogP contribution in [0.2, 0.25) is 0 Å². The molecule has 1 saturated heterocycles. The lowest BCUT2D eigenvalue weighted by molar-refractivity contribution is -0.129. The maximum absolute atomic E-state index is 11.8. The van der Waals surface area contributed by atoms with Crippen LogP contribution in [0.5, 0.6) is 0 Å². The summed E-state index contributed by atoms with van der Waals surface area (Å²) < 4.78 is 23.8. The Hall–Kier alpha value is -1.13. The van der Waals surface area contributed by atoms with Crippen LogP contribution in [-0.2, 0) is 4.79 Å². The summed E-state index contributed by atoms with van der Waals surface area (Å²) in [5, 5.41) is 1.71. The van der Waals surface area contributed by atoms with E-state index in [1.807, 2.05) is 19.1 Å². The predicted octanol–water partition coefficient (Wildman–Crippen LogP) is 2.90. The molecular weight excluding hydrogens is 411 g/mol. The van der Waals surface area contributed by atoms with Gasteiger partial charge in [0.1, 0.15) is 0 Å². The van der Waals surface area contributed by atoms with Crippen LogP contribution in [0.3, 0.4) is 0 Å². The highest BCUT2D eigenvalue weighted by molar-refractivity contribution is 8.22. The van der Waals surface area contributed by atoms with Gasteiger partial charge >= 0.3 is 0 Å². The first kappa shape index (κ1) is 23.9. The molecule has 1 aliphatic rings. The van der Waals surface area contributed by atoms with E-state index in [0.29, 0.717) is 37.5 Å². The van der Waals surface area contributed by atoms with E-state index >= 15 is 0 Å². The van der Waals surface area contributed by atoms with Gasteiger partial charge < -0.3 is 10.6 Å². The van der Waals surface area contributed by atoms with Gasteiger partial charge in [0.2, 0.25) is 5.91 Å². The monoisotopic (exact) mass is 436 g/mol. The van der Waals surface area contributed by atoms with Crippen molar-refractivity contribution >= 4 is 52.3 Å². The highest BCUT2D eigenvalue weighted by Crippen LogP contribution is 2.54. The zero-order valence-electron chi connectivity index (χ0n) is 15.1. The quantitative estimate of drug-likeness (QED) is 0.683. The van der Waals surface area contributed by atoms with Crippen molar-refractivity contribution in [2.24, 2.45) is 5.73 Å². The molecule has 0 aliphatic carbocycles. The number of carbonyl (C=O) groups excluding carboxylic acids is 1. The van der Waals surface area contributed by atoms with E-state index in [9.17, 15) is 13.9 Å². The highest BCUT2D eigenvalue weighted by Gasteiger charge is 2.30. The number of hydrogen-bond acceptors (Lipinski definition) is 6. The van der Waals surface area contributed by atoms with Crippen LogP contribution in [0.25, 0.3) is 10.8 Å². The van der Waals surface area contributed by atoms with Crippen molar-refractivity contribution in [1.29, 1.82) is 0 Å². The first-order valence-corrected chi connectivity index (χ1v) is 9.80. The van der Waals surface area contributed by atoms with Gasteiger partial charge in [-0.15, -0.1) is 35.6 Å². The molecule has 152 valence electrons. The van der Waals surface area contributed by atoms with Crippen molar-refractivity contribution < 1.29 is 13.9 Å². The third-order valence-corrected chi connectivity index (χ3v) is 6.59. The van der Waals surface area contributed by atoms with Crippen LogP contribution >= 0.6 is 35.6 Å². The summed E-state index contributed by atoms with van der Waals surface area (Å²) >= 11 is 0. The van der Waals surface area contributed by atoms with Gasteiger partial charge in [0, 0.05) is 49.3 Å². The molecule has 0 radical (unpaired) electrons. The van der Waals surface area contributed by atoms with Gasteiger partial charge in [0.15, 0.2) is 0 Å². The van der Waals surface area contributed by atoms with E-state index < -0.39 is 10.8 Å². The second kappa shape index (κ2) is 9.88. The molecule has 1 aromatic heterocycles. The number of amides is 1. The molecule has 10 heteroatoms. The molecule has 1 aliphatic heterocycles. The summed E-state index contributed by atoms with van der Waals surface area (Å²) in [5.41, 5.74) is 6.35. The van der Waals surface area contributed by atoms with Crippen LogP contribution in [-0.4, -0.2) is 61.9 Å². The minimum absolute atomic E-state index is 0. The number of aromatic nitrogens is 1. The molecule has 0 atom stereocenters. The second-order valence-electron chi connectivity index (χ2n) is 6.20. The van der Waals surface area contributed by atoms with Crippen molar-refractivity contribution in [2.75, 3.05) is 32.7 Å². The zero-order valence-corrected chi connectivity index (χ0v) is 17.5. The lowest BCUT2D eigenvalue weighted by Crippen LogP contribution is -2.39. The third kappa shape index (κ3) is 4.83. The van der Waals surface area contributed by atoms with E-state index in [-0.39, 0.29) is 37.3 Å². The number of fused-ring (bicyclic) bond motifs is 1. The summed E-state index contributed by atoms with van der Waals surface area (Å²) in [4.78, 5) is 18.2. The molecule has 3 rings (SSSR count). The normalized spacial score (nSPS) is 16.2. The second-order valence-corrected chi connectivity index (χ2v) is 8.19. The number of carbonyl (C=O) groups is 1. The van der Waals surface area contributed by atoms with Crippen molar-refractivity contribution in [3.05, 3.63) is 36.2 Å². The molecule has 2 heterocycles. The molecule has 0 bridgehead atoms. The molecule has 7 nitrogen and oxygen atoms in total. The first-order chi connectivity index (χ1) is 11.9. The largest absolute Gasteiger partial charge is 0.340 e. The lowest BCUT2D eigenvalue weighted by atomic mass is 10.1. The molecular formula is C17H26Cl2N4O3S. The van der Waals surface area contributed by atoms with E-state index in [0.717, 1.165) is 16.3 Å². The number of halogens is 2. The summed E-state index contributed by atoms with van der Waals surface area (Å²) in [7, 11) is -3.15. The Balaban J connectivity index is 0.00000182. The maximum atomic E-state index is 11.8. The smallest absolute Gasteiger partial charge is 0.236 e. The Kier molecular flexibility index (Phi) is 8.75. The Morgan fingerprint density at radius 3 is 2.63 bits per heavy atom. The Bertz CT molecular complexity index is 789. The number of nitrogens with zero attached hydrogens (tertiary/aromatic N) is 3. The molecule has 0 saturated carbocycles. The molecule has 1 fully saturated rings. The average Bonchev–Trinajstić information content (AvgIpc) is 2.87.